The topological polar surface area (TPSA) is 63.9 Å². The minimum absolute atomic E-state index is 0.365. The Balaban J connectivity index is 1.76. The zero-order valence-electron chi connectivity index (χ0n) is 16.6. The maximum atomic E-state index is 5.95. The predicted molar refractivity (Wildman–Crippen MR) is 104 cm³/mol. The number of nitrogens with zero attached hydrogens (tertiary/aromatic N) is 4. The van der Waals surface area contributed by atoms with Gasteiger partial charge in [-0.1, -0.05) is 6.92 Å². The summed E-state index contributed by atoms with van der Waals surface area (Å²) < 4.78 is 13.0. The molecule has 2 rings (SSSR count). The van der Waals surface area contributed by atoms with E-state index in [1.165, 1.54) is 0 Å². The van der Waals surface area contributed by atoms with E-state index < -0.39 is 0 Å². The maximum absolute atomic E-state index is 5.95. The third-order valence-corrected chi connectivity index (χ3v) is 4.53. The van der Waals surface area contributed by atoms with Crippen LogP contribution in [0, 0.1) is 5.92 Å². The number of aromatic nitrogens is 2. The molecule has 1 aliphatic rings. The summed E-state index contributed by atoms with van der Waals surface area (Å²) in [6.45, 7) is 10.5. The van der Waals surface area contributed by atoms with Gasteiger partial charge in [-0.2, -0.15) is 5.10 Å². The summed E-state index contributed by atoms with van der Waals surface area (Å²) in [7, 11) is 1.73. The molecule has 1 unspecified atom stereocenters. The lowest BCUT2D eigenvalue weighted by atomic mass is 10.1. The van der Waals surface area contributed by atoms with Crippen molar-refractivity contribution in [2.45, 2.75) is 45.8 Å². The van der Waals surface area contributed by atoms with Crippen LogP contribution >= 0.6 is 0 Å². The Hall–Kier alpha value is -1.60. The Kier molecular flexibility index (Phi) is 9.48. The van der Waals surface area contributed by atoms with Crippen LogP contribution in [0.1, 0.15) is 33.1 Å². The van der Waals surface area contributed by atoms with Gasteiger partial charge in [0.1, 0.15) is 0 Å². The minimum Gasteiger partial charge on any atom is -0.385 e. The van der Waals surface area contributed by atoms with Gasteiger partial charge < -0.3 is 19.7 Å². The lowest BCUT2D eigenvalue weighted by molar-refractivity contribution is 0.00989. The second kappa shape index (κ2) is 11.9. The molecule has 1 fully saturated rings. The minimum atomic E-state index is 0.365. The quantitative estimate of drug-likeness (QED) is 0.390. The van der Waals surface area contributed by atoms with Crippen LogP contribution in [0.3, 0.4) is 0 Å². The SMILES string of the molecule is CCNC(=NCC(C)Cn1cccn1)N1CCC(OCCCOC)CC1. The number of piperidine rings is 1. The number of hydrogen-bond acceptors (Lipinski definition) is 4. The van der Waals surface area contributed by atoms with E-state index in [4.69, 9.17) is 14.5 Å². The lowest BCUT2D eigenvalue weighted by Crippen LogP contribution is -2.47. The number of ether oxygens (including phenoxy) is 2. The molecule has 0 saturated carbocycles. The third kappa shape index (κ3) is 7.33. The van der Waals surface area contributed by atoms with Crippen molar-refractivity contribution >= 4 is 5.96 Å². The maximum Gasteiger partial charge on any atom is 0.193 e. The van der Waals surface area contributed by atoms with Crippen LogP contribution in [0.2, 0.25) is 0 Å². The van der Waals surface area contributed by atoms with E-state index in [2.05, 4.69) is 29.2 Å². The molecule has 1 aromatic rings. The van der Waals surface area contributed by atoms with Gasteiger partial charge in [0.05, 0.1) is 6.10 Å². The number of aliphatic imine (C=N–C) groups is 1. The average Bonchev–Trinajstić information content (AvgIpc) is 3.16. The number of guanidine groups is 1. The zero-order chi connectivity index (χ0) is 18.6. The monoisotopic (exact) mass is 365 g/mol. The Morgan fingerprint density at radius 2 is 2.15 bits per heavy atom. The molecule has 0 amide bonds. The lowest BCUT2D eigenvalue weighted by Gasteiger charge is -2.34. The van der Waals surface area contributed by atoms with Crippen LogP contribution in [0.5, 0.6) is 0 Å². The van der Waals surface area contributed by atoms with Gasteiger partial charge in [-0.3, -0.25) is 9.67 Å². The summed E-state index contributed by atoms with van der Waals surface area (Å²) in [5.74, 6) is 1.47. The van der Waals surface area contributed by atoms with E-state index in [1.54, 1.807) is 7.11 Å². The van der Waals surface area contributed by atoms with Crippen molar-refractivity contribution in [2.24, 2.45) is 10.9 Å². The van der Waals surface area contributed by atoms with E-state index >= 15 is 0 Å². The van der Waals surface area contributed by atoms with Crippen LogP contribution in [-0.4, -0.2) is 73.2 Å². The van der Waals surface area contributed by atoms with Crippen LogP contribution in [0.4, 0.5) is 0 Å². The molecule has 1 N–H and O–H groups in total. The van der Waals surface area contributed by atoms with Crippen LogP contribution in [0.15, 0.2) is 23.5 Å². The molecule has 0 aliphatic carbocycles. The fourth-order valence-electron chi connectivity index (χ4n) is 3.14. The molecule has 0 bridgehead atoms. The molecule has 26 heavy (non-hydrogen) atoms. The Bertz CT molecular complexity index is 498. The van der Waals surface area contributed by atoms with Gasteiger partial charge in [0, 0.05) is 65.4 Å². The molecule has 1 atom stereocenters. The highest BCUT2D eigenvalue weighted by Crippen LogP contribution is 2.14. The summed E-state index contributed by atoms with van der Waals surface area (Å²) in [5.41, 5.74) is 0. The van der Waals surface area contributed by atoms with Crippen molar-refractivity contribution in [3.63, 3.8) is 0 Å². The Morgan fingerprint density at radius 3 is 2.81 bits per heavy atom. The second-order valence-electron chi connectivity index (χ2n) is 6.93. The second-order valence-corrected chi connectivity index (χ2v) is 6.93. The van der Waals surface area contributed by atoms with Crippen molar-refractivity contribution in [3.05, 3.63) is 18.5 Å². The van der Waals surface area contributed by atoms with Gasteiger partial charge in [-0.05, 0) is 38.2 Å². The van der Waals surface area contributed by atoms with Gasteiger partial charge in [0.25, 0.3) is 0 Å². The molecule has 0 aromatic carbocycles. The predicted octanol–water partition coefficient (Wildman–Crippen LogP) is 2.00. The molecule has 7 nitrogen and oxygen atoms in total. The van der Waals surface area contributed by atoms with Gasteiger partial charge >= 0.3 is 0 Å². The van der Waals surface area contributed by atoms with Gasteiger partial charge in [0.15, 0.2) is 5.96 Å². The van der Waals surface area contributed by atoms with Crippen molar-refractivity contribution in [3.8, 4) is 0 Å². The normalized spacial score (nSPS) is 17.5. The van der Waals surface area contributed by atoms with E-state index in [0.29, 0.717) is 12.0 Å². The van der Waals surface area contributed by atoms with E-state index in [-0.39, 0.29) is 0 Å². The van der Waals surface area contributed by atoms with Gasteiger partial charge in [-0.25, -0.2) is 0 Å². The fourth-order valence-corrected chi connectivity index (χ4v) is 3.14. The number of nitrogens with one attached hydrogen (secondary N) is 1. The highest BCUT2D eigenvalue weighted by molar-refractivity contribution is 5.80. The first-order valence-corrected chi connectivity index (χ1v) is 9.84. The molecule has 148 valence electrons. The highest BCUT2D eigenvalue weighted by atomic mass is 16.5. The molecule has 0 radical (unpaired) electrons. The number of methoxy groups -OCH3 is 1. The molecule has 1 aliphatic heterocycles. The van der Waals surface area contributed by atoms with Gasteiger partial charge in [0.2, 0.25) is 0 Å². The summed E-state index contributed by atoms with van der Waals surface area (Å²) in [6, 6.07) is 1.96. The Morgan fingerprint density at radius 1 is 1.35 bits per heavy atom. The van der Waals surface area contributed by atoms with Crippen LogP contribution < -0.4 is 5.32 Å². The molecular formula is C19H35N5O2. The standard InChI is InChI=1S/C19H35N5O2/c1-4-20-19(21-15-17(2)16-24-10-5-9-22-24)23-11-7-18(8-12-23)26-14-6-13-25-3/h5,9-10,17-18H,4,6-8,11-16H2,1-3H3,(H,20,21). The summed E-state index contributed by atoms with van der Waals surface area (Å²) >= 11 is 0. The van der Waals surface area contributed by atoms with E-state index in [0.717, 1.165) is 71.2 Å². The van der Waals surface area contributed by atoms with Crippen molar-refractivity contribution < 1.29 is 9.47 Å². The fraction of sp³-hybridized carbons (Fsp3) is 0.789. The third-order valence-electron chi connectivity index (χ3n) is 4.53. The summed E-state index contributed by atoms with van der Waals surface area (Å²) in [5, 5.41) is 7.71. The largest absolute Gasteiger partial charge is 0.385 e. The van der Waals surface area contributed by atoms with Gasteiger partial charge in [-0.15, -0.1) is 0 Å². The Labute approximate surface area is 157 Å². The molecule has 0 spiro atoms. The number of hydrogen-bond donors (Lipinski definition) is 1. The highest BCUT2D eigenvalue weighted by Gasteiger charge is 2.22. The molecule has 1 aromatic heterocycles. The number of likely N-dealkylation sites (tertiary alicyclic amines) is 1. The number of rotatable bonds is 10. The van der Waals surface area contributed by atoms with Crippen LogP contribution in [0.25, 0.3) is 0 Å². The molecule has 1 saturated heterocycles. The van der Waals surface area contributed by atoms with E-state index in [1.807, 2.05) is 23.1 Å². The first-order chi connectivity index (χ1) is 12.7. The molecular weight excluding hydrogens is 330 g/mol. The van der Waals surface area contributed by atoms with Crippen molar-refractivity contribution in [1.82, 2.24) is 20.0 Å². The summed E-state index contributed by atoms with van der Waals surface area (Å²) in [4.78, 5) is 7.22. The molecule has 2 heterocycles. The smallest absolute Gasteiger partial charge is 0.193 e. The first-order valence-electron chi connectivity index (χ1n) is 9.84. The van der Waals surface area contributed by atoms with Crippen molar-refractivity contribution in [1.29, 1.82) is 0 Å². The first kappa shape index (κ1) is 20.7. The summed E-state index contributed by atoms with van der Waals surface area (Å²) in [6.07, 6.45) is 7.27. The van der Waals surface area contributed by atoms with Crippen molar-refractivity contribution in [2.75, 3.05) is 46.5 Å². The zero-order valence-corrected chi connectivity index (χ0v) is 16.6. The average molecular weight is 366 g/mol. The molecule has 7 heteroatoms. The van der Waals surface area contributed by atoms with Crippen LogP contribution in [-0.2, 0) is 16.0 Å². The van der Waals surface area contributed by atoms with E-state index in [9.17, 15) is 0 Å².